The van der Waals surface area contributed by atoms with Crippen molar-refractivity contribution in [3.05, 3.63) is 28.8 Å². The van der Waals surface area contributed by atoms with Crippen molar-refractivity contribution in [3.63, 3.8) is 0 Å². The Labute approximate surface area is 119 Å². The number of fused-ring (bicyclic) bond motifs is 1. The number of halogens is 1. The van der Waals surface area contributed by atoms with Gasteiger partial charge in [-0.2, -0.15) is 0 Å². The molecule has 1 fully saturated rings. The summed E-state index contributed by atoms with van der Waals surface area (Å²) in [6.45, 7) is 3.62. The van der Waals surface area contributed by atoms with Crippen LogP contribution < -0.4 is 10.5 Å². The molecule has 1 aromatic rings. The van der Waals surface area contributed by atoms with E-state index in [1.165, 1.54) is 24.8 Å². The molecule has 2 aliphatic heterocycles. The van der Waals surface area contributed by atoms with Gasteiger partial charge < -0.3 is 10.5 Å². The Kier molecular flexibility index (Phi) is 3.70. The molecule has 0 aromatic heterocycles. The molecule has 2 N–H and O–H groups in total. The Morgan fingerprint density at radius 2 is 2.05 bits per heavy atom. The van der Waals surface area contributed by atoms with E-state index < -0.39 is 0 Å². The molecule has 3 rings (SSSR count). The zero-order valence-electron chi connectivity index (χ0n) is 11.2. The number of benzene rings is 1. The highest BCUT2D eigenvalue weighted by Crippen LogP contribution is 2.43. The second-order valence-electron chi connectivity index (χ2n) is 5.52. The van der Waals surface area contributed by atoms with Crippen molar-refractivity contribution in [2.45, 2.75) is 31.2 Å². The predicted molar refractivity (Wildman–Crippen MR) is 77.7 cm³/mol. The predicted octanol–water partition coefficient (Wildman–Crippen LogP) is 2.76. The summed E-state index contributed by atoms with van der Waals surface area (Å²) in [7, 11) is 0. The maximum Gasteiger partial charge on any atom is 0.124 e. The number of hydrogen-bond acceptors (Lipinski definition) is 3. The van der Waals surface area contributed by atoms with Gasteiger partial charge in [-0.3, -0.25) is 4.90 Å². The summed E-state index contributed by atoms with van der Waals surface area (Å²) in [6, 6.07) is 5.91. The van der Waals surface area contributed by atoms with Gasteiger partial charge in [0.2, 0.25) is 0 Å². The van der Waals surface area contributed by atoms with Gasteiger partial charge in [-0.05, 0) is 44.1 Å². The Bertz CT molecular complexity index is 459. The van der Waals surface area contributed by atoms with Crippen LogP contribution in [0.1, 0.15) is 31.2 Å². The van der Waals surface area contributed by atoms with Crippen molar-refractivity contribution in [2.24, 2.45) is 5.73 Å². The smallest absolute Gasteiger partial charge is 0.124 e. The molecule has 104 valence electrons. The zero-order chi connectivity index (χ0) is 13.3. The number of likely N-dealkylation sites (tertiary alicyclic amines) is 1. The summed E-state index contributed by atoms with van der Waals surface area (Å²) in [5.74, 6) is 0.951. The second kappa shape index (κ2) is 5.31. The van der Waals surface area contributed by atoms with Crippen LogP contribution in [-0.2, 0) is 5.54 Å². The standard InChI is InChI=1S/C15H21ClN2O/c16-12-4-5-14-13(10-12)15(11-17,6-9-19-14)18-7-2-1-3-8-18/h4-5,10H,1-3,6-9,11,17H2. The number of nitrogens with zero attached hydrogens (tertiary/aromatic N) is 1. The highest BCUT2D eigenvalue weighted by atomic mass is 35.5. The van der Waals surface area contributed by atoms with Gasteiger partial charge in [0, 0.05) is 23.6 Å². The van der Waals surface area contributed by atoms with E-state index >= 15 is 0 Å². The zero-order valence-corrected chi connectivity index (χ0v) is 12.0. The molecule has 2 heterocycles. The highest BCUT2D eigenvalue weighted by Gasteiger charge is 2.42. The van der Waals surface area contributed by atoms with Crippen LogP contribution in [0.25, 0.3) is 0 Å². The van der Waals surface area contributed by atoms with Gasteiger partial charge in [-0.15, -0.1) is 0 Å². The van der Waals surface area contributed by atoms with E-state index in [1.807, 2.05) is 18.2 Å². The van der Waals surface area contributed by atoms with E-state index in [0.29, 0.717) is 6.54 Å². The number of rotatable bonds is 2. The van der Waals surface area contributed by atoms with E-state index in [0.717, 1.165) is 36.9 Å². The Hall–Kier alpha value is -0.770. The average Bonchev–Trinajstić information content (AvgIpc) is 2.47. The third-order valence-electron chi connectivity index (χ3n) is 4.52. The number of ether oxygens (including phenoxy) is 1. The number of piperidine rings is 1. The summed E-state index contributed by atoms with van der Waals surface area (Å²) in [5, 5.41) is 0.763. The maximum atomic E-state index is 6.19. The van der Waals surface area contributed by atoms with Gasteiger partial charge in [-0.25, -0.2) is 0 Å². The van der Waals surface area contributed by atoms with Crippen LogP contribution in [0.15, 0.2) is 18.2 Å². The van der Waals surface area contributed by atoms with Crippen LogP contribution in [0.2, 0.25) is 5.02 Å². The first kappa shape index (κ1) is 13.2. The fraction of sp³-hybridized carbons (Fsp3) is 0.600. The minimum absolute atomic E-state index is 0.0844. The molecule has 2 aliphatic rings. The lowest BCUT2D eigenvalue weighted by Crippen LogP contribution is -2.55. The monoisotopic (exact) mass is 280 g/mol. The molecule has 4 heteroatoms. The van der Waals surface area contributed by atoms with Crippen LogP contribution in [0.4, 0.5) is 0 Å². The molecule has 0 saturated carbocycles. The van der Waals surface area contributed by atoms with Crippen molar-refractivity contribution >= 4 is 11.6 Å². The third-order valence-corrected chi connectivity index (χ3v) is 4.75. The first-order chi connectivity index (χ1) is 9.26. The van der Waals surface area contributed by atoms with E-state index in [4.69, 9.17) is 22.1 Å². The molecule has 0 radical (unpaired) electrons. The van der Waals surface area contributed by atoms with Gasteiger partial charge >= 0.3 is 0 Å². The topological polar surface area (TPSA) is 38.5 Å². The summed E-state index contributed by atoms with van der Waals surface area (Å²) in [6.07, 6.45) is 4.81. The van der Waals surface area contributed by atoms with Crippen molar-refractivity contribution in [1.82, 2.24) is 4.90 Å². The van der Waals surface area contributed by atoms with E-state index in [1.54, 1.807) is 0 Å². The summed E-state index contributed by atoms with van der Waals surface area (Å²) >= 11 is 6.18. The first-order valence-electron chi connectivity index (χ1n) is 7.14. The first-order valence-corrected chi connectivity index (χ1v) is 7.52. The van der Waals surface area contributed by atoms with Crippen molar-refractivity contribution in [2.75, 3.05) is 26.2 Å². The minimum atomic E-state index is -0.0844. The number of hydrogen-bond donors (Lipinski definition) is 1. The van der Waals surface area contributed by atoms with Gasteiger partial charge in [0.1, 0.15) is 5.75 Å². The molecule has 0 bridgehead atoms. The normalized spacial score (nSPS) is 27.7. The molecule has 1 atom stereocenters. The average molecular weight is 281 g/mol. The molecule has 3 nitrogen and oxygen atoms in total. The molecule has 0 aliphatic carbocycles. The minimum Gasteiger partial charge on any atom is -0.493 e. The van der Waals surface area contributed by atoms with E-state index in [-0.39, 0.29) is 5.54 Å². The third kappa shape index (κ3) is 2.24. The van der Waals surface area contributed by atoms with Crippen LogP contribution >= 0.6 is 11.6 Å². The molecule has 19 heavy (non-hydrogen) atoms. The van der Waals surface area contributed by atoms with Gasteiger partial charge in [0.15, 0.2) is 0 Å². The second-order valence-corrected chi connectivity index (χ2v) is 5.96. The Balaban J connectivity index is 2.04. The molecular weight excluding hydrogens is 260 g/mol. The maximum absolute atomic E-state index is 6.19. The largest absolute Gasteiger partial charge is 0.493 e. The van der Waals surface area contributed by atoms with Crippen LogP contribution in [0.5, 0.6) is 5.75 Å². The van der Waals surface area contributed by atoms with Crippen LogP contribution in [0, 0.1) is 0 Å². The summed E-state index contributed by atoms with van der Waals surface area (Å²) < 4.78 is 5.79. The quantitative estimate of drug-likeness (QED) is 0.905. The molecule has 1 saturated heterocycles. The van der Waals surface area contributed by atoms with Crippen LogP contribution in [0.3, 0.4) is 0 Å². The summed E-state index contributed by atoms with van der Waals surface area (Å²) in [4.78, 5) is 2.55. The van der Waals surface area contributed by atoms with Crippen LogP contribution in [-0.4, -0.2) is 31.1 Å². The Morgan fingerprint density at radius 1 is 1.26 bits per heavy atom. The highest BCUT2D eigenvalue weighted by molar-refractivity contribution is 6.30. The lowest BCUT2D eigenvalue weighted by Gasteiger charge is -2.48. The molecule has 1 aromatic carbocycles. The molecule has 0 spiro atoms. The fourth-order valence-corrected chi connectivity index (χ4v) is 3.62. The lowest BCUT2D eigenvalue weighted by molar-refractivity contribution is 0.0332. The van der Waals surface area contributed by atoms with E-state index in [9.17, 15) is 0 Å². The van der Waals surface area contributed by atoms with Gasteiger partial charge in [0.25, 0.3) is 0 Å². The molecule has 1 unspecified atom stereocenters. The van der Waals surface area contributed by atoms with Crippen molar-refractivity contribution in [1.29, 1.82) is 0 Å². The SMILES string of the molecule is NCC1(N2CCCCC2)CCOc2ccc(Cl)cc21. The Morgan fingerprint density at radius 3 is 2.79 bits per heavy atom. The fourth-order valence-electron chi connectivity index (χ4n) is 3.45. The van der Waals surface area contributed by atoms with Crippen molar-refractivity contribution < 1.29 is 4.74 Å². The van der Waals surface area contributed by atoms with E-state index in [2.05, 4.69) is 4.90 Å². The molecule has 0 amide bonds. The van der Waals surface area contributed by atoms with Gasteiger partial charge in [-0.1, -0.05) is 18.0 Å². The number of nitrogens with two attached hydrogens (primary N) is 1. The van der Waals surface area contributed by atoms with Gasteiger partial charge in [0.05, 0.1) is 12.1 Å². The summed E-state index contributed by atoms with van der Waals surface area (Å²) in [5.41, 5.74) is 7.29. The molecular formula is C15H21ClN2O. The lowest BCUT2D eigenvalue weighted by atomic mass is 9.81. The van der Waals surface area contributed by atoms with Crippen molar-refractivity contribution in [3.8, 4) is 5.75 Å².